The second kappa shape index (κ2) is 7.01. The number of carboxylic acids is 1. The summed E-state index contributed by atoms with van der Waals surface area (Å²) in [4.78, 5) is 14.8. The first-order chi connectivity index (χ1) is 8.17. The summed E-state index contributed by atoms with van der Waals surface area (Å²) in [6.45, 7) is 5.93. The van der Waals surface area contributed by atoms with Gasteiger partial charge in [0.2, 0.25) is 0 Å². The SMILES string of the molecule is CCC(CC)CNCc1cccc(C(=O)O)n1. The summed E-state index contributed by atoms with van der Waals surface area (Å²) < 4.78 is 0. The predicted molar refractivity (Wildman–Crippen MR) is 67.0 cm³/mol. The van der Waals surface area contributed by atoms with Crippen molar-refractivity contribution in [1.82, 2.24) is 10.3 Å². The van der Waals surface area contributed by atoms with E-state index < -0.39 is 5.97 Å². The van der Waals surface area contributed by atoms with Crippen LogP contribution in [0, 0.1) is 5.92 Å². The molecule has 0 aromatic carbocycles. The Bertz CT molecular complexity index is 362. The maximum absolute atomic E-state index is 10.7. The van der Waals surface area contributed by atoms with E-state index in [1.54, 1.807) is 6.07 Å². The van der Waals surface area contributed by atoms with Gasteiger partial charge in [0.1, 0.15) is 5.69 Å². The third kappa shape index (κ3) is 4.53. The number of rotatable bonds is 7. The van der Waals surface area contributed by atoms with Crippen LogP contribution in [0.5, 0.6) is 0 Å². The van der Waals surface area contributed by atoms with Crippen LogP contribution in [-0.2, 0) is 6.54 Å². The third-order valence-corrected chi connectivity index (χ3v) is 2.92. The molecule has 1 aromatic heterocycles. The van der Waals surface area contributed by atoms with Gasteiger partial charge in [0.25, 0.3) is 0 Å². The van der Waals surface area contributed by atoms with Gasteiger partial charge in [0.15, 0.2) is 0 Å². The molecule has 0 amide bonds. The van der Waals surface area contributed by atoms with Gasteiger partial charge < -0.3 is 10.4 Å². The van der Waals surface area contributed by atoms with E-state index in [4.69, 9.17) is 5.11 Å². The van der Waals surface area contributed by atoms with Crippen LogP contribution in [0.1, 0.15) is 42.9 Å². The number of aromatic carboxylic acids is 1. The minimum absolute atomic E-state index is 0.104. The molecule has 0 aliphatic heterocycles. The molecule has 0 fully saturated rings. The summed E-state index contributed by atoms with van der Waals surface area (Å²) in [5.74, 6) is -0.301. The standard InChI is InChI=1S/C13H20N2O2/c1-3-10(4-2)8-14-9-11-6-5-7-12(15-11)13(16)17/h5-7,10,14H,3-4,8-9H2,1-2H3,(H,16,17). The van der Waals surface area contributed by atoms with Gasteiger partial charge in [-0.05, 0) is 24.6 Å². The zero-order valence-electron chi connectivity index (χ0n) is 10.4. The Hall–Kier alpha value is -1.42. The quantitative estimate of drug-likeness (QED) is 0.762. The molecule has 0 saturated heterocycles. The maximum Gasteiger partial charge on any atom is 0.354 e. The van der Waals surface area contributed by atoms with Crippen LogP contribution in [0.3, 0.4) is 0 Å². The molecule has 0 bridgehead atoms. The second-order valence-electron chi connectivity index (χ2n) is 4.13. The van der Waals surface area contributed by atoms with Crippen molar-refractivity contribution in [3.63, 3.8) is 0 Å². The van der Waals surface area contributed by atoms with Crippen LogP contribution in [0.4, 0.5) is 0 Å². The largest absolute Gasteiger partial charge is 0.477 e. The van der Waals surface area contributed by atoms with Crippen molar-refractivity contribution in [2.75, 3.05) is 6.54 Å². The molecule has 0 radical (unpaired) electrons. The lowest BCUT2D eigenvalue weighted by Gasteiger charge is -2.12. The minimum atomic E-state index is -0.980. The third-order valence-electron chi connectivity index (χ3n) is 2.92. The predicted octanol–water partition coefficient (Wildman–Crippen LogP) is 2.31. The molecule has 1 heterocycles. The zero-order valence-corrected chi connectivity index (χ0v) is 10.4. The highest BCUT2D eigenvalue weighted by Crippen LogP contribution is 2.06. The number of aromatic nitrogens is 1. The molecule has 0 saturated carbocycles. The lowest BCUT2D eigenvalue weighted by atomic mass is 10.0. The fourth-order valence-electron chi connectivity index (χ4n) is 1.68. The zero-order chi connectivity index (χ0) is 12.7. The number of pyridine rings is 1. The van der Waals surface area contributed by atoms with E-state index in [1.807, 2.05) is 6.07 Å². The first kappa shape index (κ1) is 13.6. The van der Waals surface area contributed by atoms with E-state index >= 15 is 0 Å². The first-order valence-electron chi connectivity index (χ1n) is 6.07. The Morgan fingerprint density at radius 2 is 2.12 bits per heavy atom. The molecule has 0 unspecified atom stereocenters. The van der Waals surface area contributed by atoms with Crippen molar-refractivity contribution in [1.29, 1.82) is 0 Å². The van der Waals surface area contributed by atoms with Crippen molar-refractivity contribution < 1.29 is 9.90 Å². The maximum atomic E-state index is 10.7. The van der Waals surface area contributed by atoms with E-state index in [0.29, 0.717) is 12.5 Å². The summed E-state index contributed by atoms with van der Waals surface area (Å²) >= 11 is 0. The highest BCUT2D eigenvalue weighted by molar-refractivity contribution is 5.85. The van der Waals surface area contributed by atoms with Gasteiger partial charge in [-0.2, -0.15) is 0 Å². The van der Waals surface area contributed by atoms with E-state index in [0.717, 1.165) is 25.1 Å². The Morgan fingerprint density at radius 3 is 2.71 bits per heavy atom. The molecule has 0 atom stereocenters. The van der Waals surface area contributed by atoms with Gasteiger partial charge >= 0.3 is 5.97 Å². The van der Waals surface area contributed by atoms with Crippen molar-refractivity contribution in [2.24, 2.45) is 5.92 Å². The van der Waals surface area contributed by atoms with Gasteiger partial charge in [-0.3, -0.25) is 0 Å². The molecule has 1 aromatic rings. The number of hydrogen-bond donors (Lipinski definition) is 2. The molecule has 0 aliphatic rings. The van der Waals surface area contributed by atoms with Gasteiger partial charge in [0, 0.05) is 6.54 Å². The summed E-state index contributed by atoms with van der Waals surface area (Å²) in [5, 5.41) is 12.1. The molecular weight excluding hydrogens is 216 g/mol. The summed E-state index contributed by atoms with van der Waals surface area (Å²) in [5.41, 5.74) is 0.877. The van der Waals surface area contributed by atoms with E-state index in [1.165, 1.54) is 6.07 Å². The van der Waals surface area contributed by atoms with Crippen molar-refractivity contribution in [3.8, 4) is 0 Å². The van der Waals surface area contributed by atoms with Crippen LogP contribution in [-0.4, -0.2) is 22.6 Å². The average Bonchev–Trinajstić information content (AvgIpc) is 2.35. The van der Waals surface area contributed by atoms with Crippen molar-refractivity contribution >= 4 is 5.97 Å². The number of nitrogens with zero attached hydrogens (tertiary/aromatic N) is 1. The molecule has 2 N–H and O–H groups in total. The highest BCUT2D eigenvalue weighted by atomic mass is 16.4. The number of carbonyl (C=O) groups is 1. The lowest BCUT2D eigenvalue weighted by molar-refractivity contribution is 0.0690. The summed E-state index contributed by atoms with van der Waals surface area (Å²) in [7, 11) is 0. The first-order valence-corrected chi connectivity index (χ1v) is 6.07. The van der Waals surface area contributed by atoms with Crippen LogP contribution in [0.15, 0.2) is 18.2 Å². The smallest absolute Gasteiger partial charge is 0.354 e. The molecule has 4 nitrogen and oxygen atoms in total. The van der Waals surface area contributed by atoms with Gasteiger partial charge in [-0.25, -0.2) is 9.78 Å². The van der Waals surface area contributed by atoms with Crippen LogP contribution in [0.2, 0.25) is 0 Å². The molecule has 4 heteroatoms. The topological polar surface area (TPSA) is 62.2 Å². The monoisotopic (exact) mass is 236 g/mol. The summed E-state index contributed by atoms with van der Waals surface area (Å²) in [6, 6.07) is 5.07. The molecule has 1 rings (SSSR count). The fraction of sp³-hybridized carbons (Fsp3) is 0.538. The second-order valence-corrected chi connectivity index (χ2v) is 4.13. The molecule has 0 spiro atoms. The lowest BCUT2D eigenvalue weighted by Crippen LogP contribution is -2.22. The highest BCUT2D eigenvalue weighted by Gasteiger charge is 2.06. The number of hydrogen-bond acceptors (Lipinski definition) is 3. The van der Waals surface area contributed by atoms with Crippen LogP contribution in [0.25, 0.3) is 0 Å². The summed E-state index contributed by atoms with van der Waals surface area (Å²) in [6.07, 6.45) is 2.32. The Balaban J connectivity index is 2.46. The number of carboxylic acid groups (broad SMARTS) is 1. The van der Waals surface area contributed by atoms with Gasteiger partial charge in [0.05, 0.1) is 5.69 Å². The van der Waals surface area contributed by atoms with Crippen molar-refractivity contribution in [3.05, 3.63) is 29.6 Å². The average molecular weight is 236 g/mol. The van der Waals surface area contributed by atoms with Crippen LogP contribution >= 0.6 is 0 Å². The van der Waals surface area contributed by atoms with Crippen LogP contribution < -0.4 is 5.32 Å². The van der Waals surface area contributed by atoms with E-state index in [-0.39, 0.29) is 5.69 Å². The normalized spacial score (nSPS) is 10.8. The van der Waals surface area contributed by atoms with Gasteiger partial charge in [-0.15, -0.1) is 0 Å². The Labute approximate surface area is 102 Å². The fourth-order valence-corrected chi connectivity index (χ4v) is 1.68. The minimum Gasteiger partial charge on any atom is -0.477 e. The van der Waals surface area contributed by atoms with Gasteiger partial charge in [-0.1, -0.05) is 32.8 Å². The van der Waals surface area contributed by atoms with E-state index in [9.17, 15) is 4.79 Å². The molecule has 94 valence electrons. The van der Waals surface area contributed by atoms with Crippen molar-refractivity contribution in [2.45, 2.75) is 33.2 Å². The number of nitrogens with one attached hydrogen (secondary N) is 1. The Morgan fingerprint density at radius 1 is 1.41 bits per heavy atom. The Kier molecular flexibility index (Phi) is 5.63. The molecule has 0 aliphatic carbocycles. The molecular formula is C13H20N2O2. The molecule has 17 heavy (non-hydrogen) atoms. The van der Waals surface area contributed by atoms with E-state index in [2.05, 4.69) is 24.1 Å².